The summed E-state index contributed by atoms with van der Waals surface area (Å²) in [5.74, 6) is 0.369. The lowest BCUT2D eigenvalue weighted by atomic mass is 10.1. The second-order valence-electron chi connectivity index (χ2n) is 5.09. The van der Waals surface area contributed by atoms with E-state index in [1.54, 1.807) is 24.3 Å². The lowest BCUT2D eigenvalue weighted by Crippen LogP contribution is -2.33. The molecule has 24 heavy (non-hydrogen) atoms. The third-order valence-corrected chi connectivity index (χ3v) is 4.21. The Labute approximate surface area is 143 Å². The number of carbonyl (C=O) groups is 1. The molecule has 2 heterocycles. The molecule has 6 nitrogen and oxygen atoms in total. The van der Waals surface area contributed by atoms with Gasteiger partial charge >= 0.3 is 0 Å². The molecule has 2 aromatic heterocycles. The van der Waals surface area contributed by atoms with E-state index in [-0.39, 0.29) is 11.6 Å². The highest BCUT2D eigenvalue weighted by atomic mass is 32.1. The maximum Gasteiger partial charge on any atom is 0.276 e. The van der Waals surface area contributed by atoms with Crippen LogP contribution in [0, 0.1) is 0 Å². The molecule has 0 aliphatic carbocycles. The molecule has 1 aromatic carbocycles. The predicted molar refractivity (Wildman–Crippen MR) is 90.7 cm³/mol. The fourth-order valence-corrected chi connectivity index (χ4v) is 2.86. The minimum absolute atomic E-state index is 0.201. The highest BCUT2D eigenvalue weighted by Gasteiger charge is 2.21. The zero-order valence-corrected chi connectivity index (χ0v) is 14.0. The second-order valence-corrected chi connectivity index (χ2v) is 6.07. The molecule has 0 unspecified atom stereocenters. The van der Waals surface area contributed by atoms with Gasteiger partial charge in [-0.05, 0) is 0 Å². The van der Waals surface area contributed by atoms with Crippen molar-refractivity contribution < 1.29 is 14.1 Å². The number of benzene rings is 1. The number of rotatable bonds is 7. The van der Waals surface area contributed by atoms with Crippen LogP contribution in [0.1, 0.15) is 15.5 Å². The van der Waals surface area contributed by atoms with Crippen molar-refractivity contribution in [3.8, 4) is 11.3 Å². The van der Waals surface area contributed by atoms with Gasteiger partial charge in [0.15, 0.2) is 11.5 Å². The number of ether oxygens (including phenoxy) is 1. The molecule has 0 aliphatic heterocycles. The van der Waals surface area contributed by atoms with Crippen LogP contribution in [-0.4, -0.2) is 41.2 Å². The summed E-state index contributed by atoms with van der Waals surface area (Å²) in [6, 6.07) is 11.2. The number of hydrogen-bond acceptors (Lipinski definition) is 6. The second kappa shape index (κ2) is 7.85. The molecule has 0 radical (unpaired) electrons. The molecule has 0 bridgehead atoms. The highest BCUT2D eigenvalue weighted by molar-refractivity contribution is 7.09. The molecule has 0 spiro atoms. The molecule has 124 valence electrons. The molecule has 0 saturated carbocycles. The van der Waals surface area contributed by atoms with Gasteiger partial charge in [0.1, 0.15) is 5.01 Å². The van der Waals surface area contributed by atoms with E-state index >= 15 is 0 Å². The van der Waals surface area contributed by atoms with Crippen molar-refractivity contribution in [2.75, 3.05) is 20.3 Å². The van der Waals surface area contributed by atoms with Gasteiger partial charge < -0.3 is 14.2 Å². The summed E-state index contributed by atoms with van der Waals surface area (Å²) >= 11 is 1.51. The molecule has 0 saturated heterocycles. The molecule has 0 N–H and O–H groups in total. The first-order chi connectivity index (χ1) is 11.8. The van der Waals surface area contributed by atoms with Gasteiger partial charge in [0.25, 0.3) is 5.91 Å². The van der Waals surface area contributed by atoms with Gasteiger partial charge in [-0.2, -0.15) is 0 Å². The summed E-state index contributed by atoms with van der Waals surface area (Å²) in [4.78, 5) is 18.6. The fraction of sp³-hybridized carbons (Fsp3) is 0.235. The van der Waals surface area contributed by atoms with Crippen LogP contribution in [0.4, 0.5) is 0 Å². The van der Waals surface area contributed by atoms with Crippen LogP contribution in [0.15, 0.2) is 52.5 Å². The van der Waals surface area contributed by atoms with Crippen LogP contribution < -0.4 is 0 Å². The van der Waals surface area contributed by atoms with Gasteiger partial charge in [0, 0.05) is 36.9 Å². The number of nitrogens with zero attached hydrogens (tertiary/aromatic N) is 3. The topological polar surface area (TPSA) is 68.5 Å². The minimum atomic E-state index is -0.201. The molecular weight excluding hydrogens is 326 g/mol. The van der Waals surface area contributed by atoms with Crippen molar-refractivity contribution in [3.05, 3.63) is 58.7 Å². The van der Waals surface area contributed by atoms with Crippen molar-refractivity contribution in [2.24, 2.45) is 0 Å². The van der Waals surface area contributed by atoms with Gasteiger partial charge in [-0.15, -0.1) is 11.3 Å². The molecular formula is C17H17N3O3S. The fourth-order valence-electron chi connectivity index (χ4n) is 2.22. The summed E-state index contributed by atoms with van der Waals surface area (Å²) in [6.45, 7) is 1.33. The Morgan fingerprint density at radius 1 is 1.33 bits per heavy atom. The van der Waals surface area contributed by atoms with E-state index in [4.69, 9.17) is 9.26 Å². The smallest absolute Gasteiger partial charge is 0.276 e. The van der Waals surface area contributed by atoms with Crippen LogP contribution >= 0.6 is 11.3 Å². The number of carbonyl (C=O) groups excluding carboxylic acids is 1. The number of aromatic nitrogens is 2. The Morgan fingerprint density at radius 2 is 2.17 bits per heavy atom. The molecule has 0 fully saturated rings. The molecule has 0 atom stereocenters. The van der Waals surface area contributed by atoms with Crippen molar-refractivity contribution in [1.82, 2.24) is 15.0 Å². The van der Waals surface area contributed by atoms with Gasteiger partial charge in [0.2, 0.25) is 0 Å². The van der Waals surface area contributed by atoms with Crippen LogP contribution in [0.3, 0.4) is 0 Å². The third-order valence-electron chi connectivity index (χ3n) is 3.45. The Hall–Kier alpha value is -2.51. The van der Waals surface area contributed by atoms with E-state index in [0.29, 0.717) is 25.5 Å². The highest BCUT2D eigenvalue weighted by Crippen LogP contribution is 2.21. The average Bonchev–Trinajstić information content (AvgIpc) is 3.30. The van der Waals surface area contributed by atoms with Gasteiger partial charge in [-0.25, -0.2) is 4.98 Å². The zero-order valence-electron chi connectivity index (χ0n) is 13.2. The van der Waals surface area contributed by atoms with Crippen LogP contribution in [0.5, 0.6) is 0 Å². The van der Waals surface area contributed by atoms with Crippen LogP contribution in [-0.2, 0) is 11.3 Å². The van der Waals surface area contributed by atoms with E-state index in [1.807, 2.05) is 35.7 Å². The van der Waals surface area contributed by atoms with Crippen molar-refractivity contribution in [2.45, 2.75) is 6.54 Å². The third kappa shape index (κ3) is 3.87. The van der Waals surface area contributed by atoms with Crippen molar-refractivity contribution >= 4 is 17.2 Å². The standard InChI is InChI=1S/C17H17N3O3S/c1-22-9-8-20(12-16-18-7-10-24-16)17(21)14-11-15(23-19-14)13-5-3-2-4-6-13/h2-7,10-11H,8-9,12H2,1H3. The van der Waals surface area contributed by atoms with Gasteiger partial charge in [-0.1, -0.05) is 35.5 Å². The first kappa shape index (κ1) is 16.4. The number of amides is 1. The summed E-state index contributed by atoms with van der Waals surface area (Å²) in [5.41, 5.74) is 1.16. The zero-order chi connectivity index (χ0) is 16.8. The van der Waals surface area contributed by atoms with E-state index < -0.39 is 0 Å². The van der Waals surface area contributed by atoms with Crippen molar-refractivity contribution in [1.29, 1.82) is 0 Å². The molecule has 3 rings (SSSR count). The van der Waals surface area contributed by atoms with Crippen molar-refractivity contribution in [3.63, 3.8) is 0 Å². The lowest BCUT2D eigenvalue weighted by Gasteiger charge is -2.19. The monoisotopic (exact) mass is 343 g/mol. The van der Waals surface area contributed by atoms with Crippen LogP contribution in [0.2, 0.25) is 0 Å². The maximum atomic E-state index is 12.7. The Balaban J connectivity index is 1.78. The summed E-state index contributed by atoms with van der Waals surface area (Å²) in [5, 5.41) is 6.68. The minimum Gasteiger partial charge on any atom is -0.383 e. The first-order valence-electron chi connectivity index (χ1n) is 7.46. The SMILES string of the molecule is COCCN(Cc1nccs1)C(=O)c1cc(-c2ccccc2)on1. The molecule has 1 amide bonds. The number of thiazole rings is 1. The summed E-state index contributed by atoms with van der Waals surface area (Å²) in [7, 11) is 1.61. The Morgan fingerprint density at radius 3 is 2.88 bits per heavy atom. The molecule has 0 aliphatic rings. The number of hydrogen-bond donors (Lipinski definition) is 0. The maximum absolute atomic E-state index is 12.7. The van der Waals surface area contributed by atoms with E-state index in [9.17, 15) is 4.79 Å². The first-order valence-corrected chi connectivity index (χ1v) is 8.34. The normalized spacial score (nSPS) is 10.7. The Bertz CT molecular complexity index is 772. The van der Waals surface area contributed by atoms with Gasteiger partial charge in [-0.3, -0.25) is 4.79 Å². The number of methoxy groups -OCH3 is 1. The molecule has 7 heteroatoms. The largest absolute Gasteiger partial charge is 0.383 e. The summed E-state index contributed by atoms with van der Waals surface area (Å²) in [6.07, 6.45) is 1.72. The predicted octanol–water partition coefficient (Wildman–Crippen LogP) is 3.09. The quantitative estimate of drug-likeness (QED) is 0.659. The lowest BCUT2D eigenvalue weighted by molar-refractivity contribution is 0.0670. The van der Waals surface area contributed by atoms with Gasteiger partial charge in [0.05, 0.1) is 13.2 Å². The van der Waals surface area contributed by atoms with E-state index in [0.717, 1.165) is 10.6 Å². The Kier molecular flexibility index (Phi) is 5.35. The average molecular weight is 343 g/mol. The van der Waals surface area contributed by atoms with E-state index in [1.165, 1.54) is 11.3 Å². The summed E-state index contributed by atoms with van der Waals surface area (Å²) < 4.78 is 10.4. The molecule has 3 aromatic rings. The van der Waals surface area contributed by atoms with Crippen LogP contribution in [0.25, 0.3) is 11.3 Å². The van der Waals surface area contributed by atoms with E-state index in [2.05, 4.69) is 10.1 Å².